The van der Waals surface area contributed by atoms with Crippen molar-refractivity contribution in [2.75, 3.05) is 13.1 Å². The lowest BCUT2D eigenvalue weighted by Gasteiger charge is -2.24. The maximum atomic E-state index is 11.1. The first kappa shape index (κ1) is 13.0. The Morgan fingerprint density at radius 2 is 2.15 bits per heavy atom. The second kappa shape index (κ2) is 5.17. The number of hydrogen-bond acceptors (Lipinski definition) is 4. The average molecular weight is 275 g/mol. The van der Waals surface area contributed by atoms with Crippen molar-refractivity contribution in [1.82, 2.24) is 5.32 Å². The number of benzene rings is 1. The topological polar surface area (TPSA) is 71.7 Å². The van der Waals surface area contributed by atoms with E-state index in [0.717, 1.165) is 31.3 Å². The fourth-order valence-corrected chi connectivity index (χ4v) is 2.66. The van der Waals surface area contributed by atoms with E-state index in [4.69, 9.17) is 14.3 Å². The summed E-state index contributed by atoms with van der Waals surface area (Å²) in [7, 11) is 0. The molecule has 0 bridgehead atoms. The number of hydrogen-bond donors (Lipinski definition) is 2. The van der Waals surface area contributed by atoms with Crippen LogP contribution in [-0.4, -0.2) is 30.3 Å². The Morgan fingerprint density at radius 1 is 1.40 bits per heavy atom. The first-order valence-electron chi connectivity index (χ1n) is 6.79. The highest BCUT2D eigenvalue weighted by atomic mass is 16.5. The zero-order chi connectivity index (χ0) is 14.1. The number of carboxylic acid groups (broad SMARTS) is 1. The summed E-state index contributed by atoms with van der Waals surface area (Å²) >= 11 is 0. The summed E-state index contributed by atoms with van der Waals surface area (Å²) in [5.41, 5.74) is 1.18. The van der Waals surface area contributed by atoms with E-state index < -0.39 is 5.97 Å². The summed E-state index contributed by atoms with van der Waals surface area (Å²) in [6.07, 6.45) is 2.09. The Kier molecular flexibility index (Phi) is 3.36. The lowest BCUT2D eigenvalue weighted by molar-refractivity contribution is 0.0664. The molecule has 1 fully saturated rings. The molecule has 0 unspecified atom stereocenters. The molecule has 106 valence electrons. The van der Waals surface area contributed by atoms with Gasteiger partial charge in [0, 0.05) is 5.56 Å². The van der Waals surface area contributed by atoms with Gasteiger partial charge in [0.2, 0.25) is 5.76 Å². The molecule has 2 aromatic rings. The summed E-state index contributed by atoms with van der Waals surface area (Å²) in [6, 6.07) is 5.47. The predicted molar refractivity (Wildman–Crippen MR) is 74.4 cm³/mol. The largest absolute Gasteiger partial charge is 0.490 e. The van der Waals surface area contributed by atoms with Crippen molar-refractivity contribution in [3.05, 3.63) is 29.5 Å². The molecule has 1 saturated heterocycles. The molecule has 0 spiro atoms. The SMILES string of the molecule is Cc1c(C(=O)O)oc2cccc(OC3CCNCC3)c12. The van der Waals surface area contributed by atoms with Gasteiger partial charge in [0.15, 0.2) is 0 Å². The van der Waals surface area contributed by atoms with Crippen LogP contribution in [0.3, 0.4) is 0 Å². The molecule has 5 nitrogen and oxygen atoms in total. The van der Waals surface area contributed by atoms with E-state index >= 15 is 0 Å². The van der Waals surface area contributed by atoms with Crippen LogP contribution in [0.25, 0.3) is 11.0 Å². The molecule has 0 amide bonds. The Hall–Kier alpha value is -2.01. The van der Waals surface area contributed by atoms with Crippen LogP contribution >= 0.6 is 0 Å². The lowest BCUT2D eigenvalue weighted by atomic mass is 10.1. The van der Waals surface area contributed by atoms with Crippen molar-refractivity contribution in [2.45, 2.75) is 25.9 Å². The van der Waals surface area contributed by atoms with Gasteiger partial charge in [-0.1, -0.05) is 6.07 Å². The van der Waals surface area contributed by atoms with Gasteiger partial charge in [-0.15, -0.1) is 0 Å². The third-order valence-corrected chi connectivity index (χ3v) is 3.69. The van der Waals surface area contributed by atoms with Crippen molar-refractivity contribution in [3.8, 4) is 5.75 Å². The van der Waals surface area contributed by atoms with Crippen molar-refractivity contribution >= 4 is 16.9 Å². The molecule has 1 aliphatic heterocycles. The van der Waals surface area contributed by atoms with Crippen LogP contribution in [0, 0.1) is 6.92 Å². The van der Waals surface area contributed by atoms with Gasteiger partial charge in [0.05, 0.1) is 5.39 Å². The number of nitrogens with one attached hydrogen (secondary N) is 1. The molecule has 2 N–H and O–H groups in total. The zero-order valence-corrected chi connectivity index (χ0v) is 11.3. The summed E-state index contributed by atoms with van der Waals surface area (Å²) in [5.74, 6) is -0.351. The molecule has 1 aromatic carbocycles. The van der Waals surface area contributed by atoms with E-state index in [1.807, 2.05) is 12.1 Å². The maximum absolute atomic E-state index is 11.1. The number of rotatable bonds is 3. The van der Waals surface area contributed by atoms with Crippen LogP contribution in [0.2, 0.25) is 0 Å². The van der Waals surface area contributed by atoms with E-state index in [0.29, 0.717) is 16.9 Å². The van der Waals surface area contributed by atoms with Gasteiger partial charge >= 0.3 is 5.97 Å². The van der Waals surface area contributed by atoms with E-state index in [1.165, 1.54) is 0 Å². The second-order valence-corrected chi connectivity index (χ2v) is 5.06. The van der Waals surface area contributed by atoms with Gasteiger partial charge in [-0.25, -0.2) is 4.79 Å². The van der Waals surface area contributed by atoms with Crippen LogP contribution in [0.4, 0.5) is 0 Å². The van der Waals surface area contributed by atoms with E-state index in [1.54, 1.807) is 13.0 Å². The number of furan rings is 1. The molecule has 1 aromatic heterocycles. The number of fused-ring (bicyclic) bond motifs is 1. The van der Waals surface area contributed by atoms with E-state index in [2.05, 4.69) is 5.32 Å². The third-order valence-electron chi connectivity index (χ3n) is 3.69. The third kappa shape index (κ3) is 2.25. The Balaban J connectivity index is 1.99. The number of aromatic carboxylic acids is 1. The minimum Gasteiger partial charge on any atom is -0.490 e. The van der Waals surface area contributed by atoms with E-state index in [9.17, 15) is 4.79 Å². The van der Waals surface area contributed by atoms with Gasteiger partial charge in [0.25, 0.3) is 0 Å². The summed E-state index contributed by atoms with van der Waals surface area (Å²) < 4.78 is 11.4. The predicted octanol–water partition coefficient (Wildman–Crippen LogP) is 2.57. The Bertz CT molecular complexity index is 641. The highest BCUT2D eigenvalue weighted by Crippen LogP contribution is 2.34. The molecule has 20 heavy (non-hydrogen) atoms. The van der Waals surface area contributed by atoms with E-state index in [-0.39, 0.29) is 11.9 Å². The fourth-order valence-electron chi connectivity index (χ4n) is 2.66. The molecule has 0 aliphatic carbocycles. The molecule has 0 saturated carbocycles. The molecular weight excluding hydrogens is 258 g/mol. The van der Waals surface area contributed by atoms with Crippen LogP contribution in [-0.2, 0) is 0 Å². The van der Waals surface area contributed by atoms with Crippen LogP contribution < -0.4 is 10.1 Å². The summed E-state index contributed by atoms with van der Waals surface area (Å²) in [6.45, 7) is 3.65. The number of ether oxygens (including phenoxy) is 1. The fraction of sp³-hybridized carbons (Fsp3) is 0.400. The molecule has 5 heteroatoms. The van der Waals surface area contributed by atoms with Gasteiger partial charge in [0.1, 0.15) is 17.4 Å². The van der Waals surface area contributed by atoms with Gasteiger partial charge < -0.3 is 19.6 Å². The number of carboxylic acids is 1. The number of carbonyl (C=O) groups is 1. The molecular formula is C15H17NO4. The minimum absolute atomic E-state index is 0.0126. The highest BCUT2D eigenvalue weighted by molar-refractivity contribution is 5.97. The maximum Gasteiger partial charge on any atom is 0.372 e. The highest BCUT2D eigenvalue weighted by Gasteiger charge is 2.21. The molecule has 3 rings (SSSR count). The van der Waals surface area contributed by atoms with Crippen LogP contribution in [0.15, 0.2) is 22.6 Å². The number of aryl methyl sites for hydroxylation is 1. The lowest BCUT2D eigenvalue weighted by Crippen LogP contribution is -2.34. The van der Waals surface area contributed by atoms with Gasteiger partial charge in [-0.05, 0) is 45.0 Å². The molecule has 1 aliphatic rings. The first-order valence-corrected chi connectivity index (χ1v) is 6.79. The smallest absolute Gasteiger partial charge is 0.372 e. The molecule has 0 radical (unpaired) electrons. The number of piperidine rings is 1. The summed E-state index contributed by atoms with van der Waals surface area (Å²) in [4.78, 5) is 11.1. The quantitative estimate of drug-likeness (QED) is 0.900. The van der Waals surface area contributed by atoms with Crippen molar-refractivity contribution in [2.24, 2.45) is 0 Å². The van der Waals surface area contributed by atoms with Crippen molar-refractivity contribution < 1.29 is 19.1 Å². The average Bonchev–Trinajstić information content (AvgIpc) is 2.79. The van der Waals surface area contributed by atoms with Crippen LogP contribution in [0.5, 0.6) is 5.75 Å². The molecule has 2 heterocycles. The van der Waals surface area contributed by atoms with Gasteiger partial charge in [-0.3, -0.25) is 0 Å². The Morgan fingerprint density at radius 3 is 2.85 bits per heavy atom. The van der Waals surface area contributed by atoms with Crippen LogP contribution in [0.1, 0.15) is 29.0 Å². The summed E-state index contributed by atoms with van der Waals surface area (Å²) in [5, 5.41) is 13.2. The van der Waals surface area contributed by atoms with Crippen molar-refractivity contribution in [1.29, 1.82) is 0 Å². The second-order valence-electron chi connectivity index (χ2n) is 5.06. The standard InChI is InChI=1S/C15H17NO4/c1-9-13-11(19-10-5-7-16-8-6-10)3-2-4-12(13)20-14(9)15(17)18/h2-4,10,16H,5-8H2,1H3,(H,17,18). The monoisotopic (exact) mass is 275 g/mol. The zero-order valence-electron chi connectivity index (χ0n) is 11.3. The Labute approximate surface area is 116 Å². The normalized spacial score (nSPS) is 16.4. The van der Waals surface area contributed by atoms with Gasteiger partial charge in [-0.2, -0.15) is 0 Å². The molecule has 0 atom stereocenters. The van der Waals surface area contributed by atoms with Crippen molar-refractivity contribution in [3.63, 3.8) is 0 Å². The first-order chi connectivity index (χ1) is 9.66. The minimum atomic E-state index is -1.05.